The van der Waals surface area contributed by atoms with Crippen LogP contribution in [-0.2, 0) is 6.18 Å². The number of alkyl halides is 6. The number of aryl methyl sites for hydroxylation is 1. The standard InChI is InChI=1S/C9H5F7O/c1-4-2-3-5(8(11,12)13)7(6(4)10)17-9(14,15)16/h2-3H,1H3. The van der Waals surface area contributed by atoms with E-state index in [2.05, 4.69) is 4.74 Å². The third-order valence-electron chi connectivity index (χ3n) is 1.81. The number of halogens is 7. The summed E-state index contributed by atoms with van der Waals surface area (Å²) in [7, 11) is 0. The molecule has 1 aromatic carbocycles. The molecule has 0 amide bonds. The molecular weight excluding hydrogens is 257 g/mol. The van der Waals surface area contributed by atoms with E-state index in [0.29, 0.717) is 6.07 Å². The maximum atomic E-state index is 13.2. The second-order valence-electron chi connectivity index (χ2n) is 3.12. The minimum atomic E-state index is -5.39. The molecule has 0 aliphatic rings. The lowest BCUT2D eigenvalue weighted by Gasteiger charge is -2.16. The van der Waals surface area contributed by atoms with Gasteiger partial charge < -0.3 is 4.74 Å². The number of ether oxygens (including phenoxy) is 1. The Morgan fingerprint density at radius 1 is 1.00 bits per heavy atom. The zero-order valence-corrected chi connectivity index (χ0v) is 8.21. The molecule has 0 aliphatic carbocycles. The van der Waals surface area contributed by atoms with Gasteiger partial charge in [0.15, 0.2) is 11.6 Å². The first kappa shape index (κ1) is 13.6. The first-order chi connectivity index (χ1) is 7.52. The van der Waals surface area contributed by atoms with Crippen LogP contribution in [-0.4, -0.2) is 6.36 Å². The molecule has 17 heavy (non-hydrogen) atoms. The van der Waals surface area contributed by atoms with Crippen LogP contribution in [0.5, 0.6) is 5.75 Å². The van der Waals surface area contributed by atoms with Crippen LogP contribution in [0.3, 0.4) is 0 Å². The van der Waals surface area contributed by atoms with Gasteiger partial charge >= 0.3 is 12.5 Å². The highest BCUT2D eigenvalue weighted by atomic mass is 19.4. The zero-order valence-electron chi connectivity index (χ0n) is 8.21. The quantitative estimate of drug-likeness (QED) is 0.694. The van der Waals surface area contributed by atoms with Crippen molar-refractivity contribution in [1.29, 1.82) is 0 Å². The Hall–Kier alpha value is -1.47. The van der Waals surface area contributed by atoms with E-state index in [1.54, 1.807) is 0 Å². The molecular formula is C9H5F7O. The van der Waals surface area contributed by atoms with Crippen LogP contribution < -0.4 is 4.74 Å². The molecule has 1 rings (SSSR count). The summed E-state index contributed by atoms with van der Waals surface area (Å²) < 4.78 is 88.8. The molecule has 8 heteroatoms. The minimum absolute atomic E-state index is 0.333. The van der Waals surface area contributed by atoms with Gasteiger partial charge in [-0.15, -0.1) is 13.2 Å². The fraction of sp³-hybridized carbons (Fsp3) is 0.333. The third-order valence-corrected chi connectivity index (χ3v) is 1.81. The highest BCUT2D eigenvalue weighted by Crippen LogP contribution is 2.40. The topological polar surface area (TPSA) is 9.23 Å². The second kappa shape index (κ2) is 4.08. The summed E-state index contributed by atoms with van der Waals surface area (Å²) in [5, 5.41) is 0. The first-order valence-electron chi connectivity index (χ1n) is 4.14. The van der Waals surface area contributed by atoms with E-state index >= 15 is 0 Å². The van der Waals surface area contributed by atoms with Crippen molar-refractivity contribution in [3.63, 3.8) is 0 Å². The Bertz CT molecular complexity index is 419. The smallest absolute Gasteiger partial charge is 0.402 e. The highest BCUT2D eigenvalue weighted by Gasteiger charge is 2.41. The minimum Gasteiger partial charge on any atom is -0.402 e. The lowest BCUT2D eigenvalue weighted by atomic mass is 10.1. The molecule has 0 bridgehead atoms. The van der Waals surface area contributed by atoms with Crippen LogP contribution in [0.15, 0.2) is 12.1 Å². The van der Waals surface area contributed by atoms with Crippen molar-refractivity contribution in [2.75, 3.05) is 0 Å². The number of rotatable bonds is 1. The summed E-state index contributed by atoms with van der Waals surface area (Å²) in [4.78, 5) is 0. The van der Waals surface area contributed by atoms with Crippen molar-refractivity contribution in [2.24, 2.45) is 0 Å². The number of hydrogen-bond acceptors (Lipinski definition) is 1. The van der Waals surface area contributed by atoms with Gasteiger partial charge in [0.25, 0.3) is 0 Å². The molecule has 0 unspecified atom stereocenters. The van der Waals surface area contributed by atoms with E-state index in [0.717, 1.165) is 13.0 Å². The van der Waals surface area contributed by atoms with Gasteiger partial charge in [0.2, 0.25) is 0 Å². The lowest BCUT2D eigenvalue weighted by molar-refractivity contribution is -0.277. The average molecular weight is 262 g/mol. The molecule has 0 N–H and O–H groups in total. The maximum absolute atomic E-state index is 13.2. The Labute approximate surface area is 90.8 Å². The van der Waals surface area contributed by atoms with Crippen molar-refractivity contribution < 1.29 is 35.5 Å². The SMILES string of the molecule is Cc1ccc(C(F)(F)F)c(OC(F)(F)F)c1F. The fourth-order valence-electron chi connectivity index (χ4n) is 1.09. The van der Waals surface area contributed by atoms with Crippen LogP contribution in [0.1, 0.15) is 11.1 Å². The van der Waals surface area contributed by atoms with Crippen molar-refractivity contribution in [3.8, 4) is 5.75 Å². The Balaban J connectivity index is 3.37. The van der Waals surface area contributed by atoms with Crippen LogP contribution in [0.2, 0.25) is 0 Å². The molecule has 1 aromatic rings. The molecule has 1 nitrogen and oxygen atoms in total. The second-order valence-corrected chi connectivity index (χ2v) is 3.12. The third kappa shape index (κ3) is 3.24. The summed E-state index contributed by atoms with van der Waals surface area (Å²) in [6, 6.07) is 1.06. The van der Waals surface area contributed by atoms with Crippen LogP contribution in [0.25, 0.3) is 0 Å². The van der Waals surface area contributed by atoms with Crippen LogP contribution in [0.4, 0.5) is 30.7 Å². The largest absolute Gasteiger partial charge is 0.573 e. The zero-order chi connectivity index (χ0) is 13.4. The fourth-order valence-corrected chi connectivity index (χ4v) is 1.09. The van der Waals surface area contributed by atoms with Crippen molar-refractivity contribution in [2.45, 2.75) is 19.5 Å². The van der Waals surface area contributed by atoms with Gasteiger partial charge in [-0.25, -0.2) is 4.39 Å². The molecule has 0 aliphatic heterocycles. The summed E-state index contributed by atoms with van der Waals surface area (Å²) in [5.74, 6) is -3.54. The number of hydrogen-bond donors (Lipinski definition) is 0. The van der Waals surface area contributed by atoms with Crippen molar-refractivity contribution >= 4 is 0 Å². The molecule has 0 radical (unpaired) electrons. The van der Waals surface area contributed by atoms with E-state index in [9.17, 15) is 30.7 Å². The van der Waals surface area contributed by atoms with Gasteiger partial charge in [0, 0.05) is 0 Å². The van der Waals surface area contributed by atoms with E-state index in [-0.39, 0.29) is 5.56 Å². The first-order valence-corrected chi connectivity index (χ1v) is 4.14. The predicted octanol–water partition coefficient (Wildman–Crippen LogP) is 4.05. The van der Waals surface area contributed by atoms with Gasteiger partial charge in [-0.3, -0.25) is 0 Å². The molecule has 96 valence electrons. The van der Waals surface area contributed by atoms with Crippen molar-refractivity contribution in [3.05, 3.63) is 29.1 Å². The highest BCUT2D eigenvalue weighted by molar-refractivity contribution is 5.41. The molecule has 0 saturated heterocycles. The average Bonchev–Trinajstić information content (AvgIpc) is 2.08. The molecule has 0 fully saturated rings. The van der Waals surface area contributed by atoms with Gasteiger partial charge in [0.05, 0.1) is 0 Å². The molecule has 0 atom stereocenters. The van der Waals surface area contributed by atoms with E-state index in [1.165, 1.54) is 0 Å². The normalized spacial score (nSPS) is 12.7. The number of benzene rings is 1. The van der Waals surface area contributed by atoms with Gasteiger partial charge in [-0.2, -0.15) is 13.2 Å². The molecule has 0 heterocycles. The summed E-state index contributed by atoms with van der Waals surface area (Å²) in [6.07, 6.45) is -10.5. The Morgan fingerprint density at radius 2 is 1.53 bits per heavy atom. The van der Waals surface area contributed by atoms with Gasteiger partial charge in [-0.1, -0.05) is 6.07 Å². The van der Waals surface area contributed by atoms with Crippen molar-refractivity contribution in [1.82, 2.24) is 0 Å². The summed E-state index contributed by atoms with van der Waals surface area (Å²) >= 11 is 0. The predicted molar refractivity (Wildman–Crippen MR) is 42.8 cm³/mol. The van der Waals surface area contributed by atoms with E-state index < -0.39 is 29.7 Å². The van der Waals surface area contributed by atoms with E-state index in [1.807, 2.05) is 0 Å². The van der Waals surface area contributed by atoms with Crippen LogP contribution >= 0.6 is 0 Å². The van der Waals surface area contributed by atoms with Crippen LogP contribution in [0, 0.1) is 12.7 Å². The Kier molecular flexibility index (Phi) is 3.26. The summed E-state index contributed by atoms with van der Waals surface area (Å²) in [5.41, 5.74) is -2.19. The summed E-state index contributed by atoms with van der Waals surface area (Å²) in [6.45, 7) is 1.03. The van der Waals surface area contributed by atoms with E-state index in [4.69, 9.17) is 0 Å². The van der Waals surface area contributed by atoms with Gasteiger partial charge in [-0.05, 0) is 18.6 Å². The molecule has 0 spiro atoms. The Morgan fingerprint density at radius 3 is 1.94 bits per heavy atom. The lowest BCUT2D eigenvalue weighted by Crippen LogP contribution is -2.21. The van der Waals surface area contributed by atoms with Gasteiger partial charge in [0.1, 0.15) is 5.56 Å². The molecule has 0 saturated carbocycles. The maximum Gasteiger partial charge on any atom is 0.573 e. The monoisotopic (exact) mass is 262 g/mol. The molecule has 0 aromatic heterocycles.